The van der Waals surface area contributed by atoms with Crippen LogP contribution in [0.5, 0.6) is 5.75 Å². The number of hydrogen-bond donors (Lipinski definition) is 0. The molecule has 0 radical (unpaired) electrons. The van der Waals surface area contributed by atoms with Crippen molar-refractivity contribution >= 4 is 12.3 Å². The Morgan fingerprint density at radius 1 is 1.47 bits per heavy atom. The molecule has 0 bridgehead atoms. The quantitative estimate of drug-likeness (QED) is 0.433. The molecule has 0 aliphatic heterocycles. The summed E-state index contributed by atoms with van der Waals surface area (Å²) in [6, 6.07) is 4.11. The third-order valence-corrected chi connectivity index (χ3v) is 2.12. The number of rotatable bonds is 6. The summed E-state index contributed by atoms with van der Waals surface area (Å²) in [7, 11) is 1.30. The van der Waals surface area contributed by atoms with Crippen LogP contribution in [-0.2, 0) is 9.53 Å². The molecule has 0 amide bonds. The van der Waals surface area contributed by atoms with E-state index in [1.165, 1.54) is 25.3 Å². The molecule has 0 N–H and O–H groups in total. The summed E-state index contributed by atoms with van der Waals surface area (Å²) in [5, 5.41) is 0. The number of hydrogen-bond acceptors (Lipinski definition) is 4. The highest BCUT2D eigenvalue weighted by molar-refractivity contribution is 5.79. The Morgan fingerprint density at radius 3 is 2.88 bits per heavy atom. The molecule has 4 nitrogen and oxygen atoms in total. The van der Waals surface area contributed by atoms with Gasteiger partial charge in [-0.05, 0) is 18.6 Å². The third-order valence-electron chi connectivity index (χ3n) is 2.12. The first-order chi connectivity index (χ1) is 8.19. The monoisotopic (exact) mass is 240 g/mol. The lowest BCUT2D eigenvalue weighted by Gasteiger charge is -2.08. The maximum absolute atomic E-state index is 13.3. The Hall–Kier alpha value is -1.91. The van der Waals surface area contributed by atoms with Gasteiger partial charge in [0.25, 0.3) is 0 Å². The van der Waals surface area contributed by atoms with E-state index in [0.717, 1.165) is 0 Å². The van der Waals surface area contributed by atoms with Gasteiger partial charge in [0.05, 0.1) is 19.3 Å². The SMILES string of the molecule is COC(=O)CCCOc1c(F)cccc1C=O. The fraction of sp³-hybridized carbons (Fsp3) is 0.333. The molecule has 0 saturated carbocycles. The molecular formula is C12H13FO4. The van der Waals surface area contributed by atoms with Gasteiger partial charge in [-0.25, -0.2) is 4.39 Å². The number of esters is 1. The molecule has 0 spiro atoms. The fourth-order valence-electron chi connectivity index (χ4n) is 1.26. The van der Waals surface area contributed by atoms with Gasteiger partial charge in [0.15, 0.2) is 17.9 Å². The third kappa shape index (κ3) is 3.86. The first-order valence-corrected chi connectivity index (χ1v) is 5.12. The summed E-state index contributed by atoms with van der Waals surface area (Å²) < 4.78 is 22.9. The Labute approximate surface area is 98.3 Å². The van der Waals surface area contributed by atoms with E-state index >= 15 is 0 Å². The van der Waals surface area contributed by atoms with E-state index in [9.17, 15) is 14.0 Å². The van der Waals surface area contributed by atoms with Crippen molar-refractivity contribution in [3.05, 3.63) is 29.6 Å². The summed E-state index contributed by atoms with van der Waals surface area (Å²) in [6.45, 7) is 0.150. The van der Waals surface area contributed by atoms with Gasteiger partial charge in [0.1, 0.15) is 0 Å². The van der Waals surface area contributed by atoms with Gasteiger partial charge in [0.2, 0.25) is 0 Å². The van der Waals surface area contributed by atoms with Crippen LogP contribution < -0.4 is 4.74 Å². The predicted molar refractivity (Wildman–Crippen MR) is 58.5 cm³/mol. The number of ether oxygens (including phenoxy) is 2. The van der Waals surface area contributed by atoms with Gasteiger partial charge in [-0.3, -0.25) is 9.59 Å². The minimum absolute atomic E-state index is 0.0765. The molecule has 1 rings (SSSR count). The second-order valence-corrected chi connectivity index (χ2v) is 3.30. The lowest BCUT2D eigenvalue weighted by Crippen LogP contribution is -2.06. The summed E-state index contributed by atoms with van der Waals surface area (Å²) in [5.74, 6) is -1.02. The molecular weight excluding hydrogens is 227 g/mol. The molecule has 0 aliphatic rings. The Bertz CT molecular complexity index is 403. The van der Waals surface area contributed by atoms with Crippen molar-refractivity contribution in [3.8, 4) is 5.75 Å². The summed E-state index contributed by atoms with van der Waals surface area (Å²) in [6.07, 6.45) is 1.12. The van der Waals surface area contributed by atoms with Crippen LogP contribution in [0.1, 0.15) is 23.2 Å². The number of carbonyl (C=O) groups excluding carboxylic acids is 2. The minimum Gasteiger partial charge on any atom is -0.490 e. The van der Waals surface area contributed by atoms with E-state index < -0.39 is 5.82 Å². The molecule has 0 unspecified atom stereocenters. The van der Waals surface area contributed by atoms with Crippen LogP contribution in [-0.4, -0.2) is 26.0 Å². The molecule has 17 heavy (non-hydrogen) atoms. The van der Waals surface area contributed by atoms with E-state index in [1.54, 1.807) is 0 Å². The van der Waals surface area contributed by atoms with Crippen LogP contribution in [0.4, 0.5) is 4.39 Å². The van der Waals surface area contributed by atoms with Crippen molar-refractivity contribution < 1.29 is 23.5 Å². The second-order valence-electron chi connectivity index (χ2n) is 3.30. The van der Waals surface area contributed by atoms with Crippen LogP contribution in [0.3, 0.4) is 0 Å². The number of aldehydes is 1. The highest BCUT2D eigenvalue weighted by Gasteiger charge is 2.09. The van der Waals surface area contributed by atoms with Crippen LogP contribution >= 0.6 is 0 Å². The van der Waals surface area contributed by atoms with Crippen LogP contribution in [0, 0.1) is 5.82 Å². The van der Waals surface area contributed by atoms with Crippen LogP contribution in [0.2, 0.25) is 0 Å². The van der Waals surface area contributed by atoms with Crippen LogP contribution in [0.25, 0.3) is 0 Å². The Kier molecular flexibility index (Phi) is 5.13. The number of carbonyl (C=O) groups is 2. The predicted octanol–water partition coefficient (Wildman–Crippen LogP) is 1.97. The average molecular weight is 240 g/mol. The molecule has 0 saturated heterocycles. The largest absolute Gasteiger partial charge is 0.490 e. The highest BCUT2D eigenvalue weighted by atomic mass is 19.1. The number of methoxy groups -OCH3 is 1. The van der Waals surface area contributed by atoms with Crippen molar-refractivity contribution in [3.63, 3.8) is 0 Å². The second kappa shape index (κ2) is 6.62. The number of halogens is 1. The first kappa shape index (κ1) is 13.2. The first-order valence-electron chi connectivity index (χ1n) is 5.12. The molecule has 0 atom stereocenters. The smallest absolute Gasteiger partial charge is 0.305 e. The lowest BCUT2D eigenvalue weighted by molar-refractivity contribution is -0.140. The van der Waals surface area contributed by atoms with Crippen molar-refractivity contribution in [2.24, 2.45) is 0 Å². The Balaban J connectivity index is 2.51. The molecule has 1 aromatic rings. The summed E-state index contributed by atoms with van der Waals surface area (Å²) >= 11 is 0. The zero-order valence-corrected chi connectivity index (χ0v) is 9.44. The van der Waals surface area contributed by atoms with Crippen molar-refractivity contribution in [1.29, 1.82) is 0 Å². The highest BCUT2D eigenvalue weighted by Crippen LogP contribution is 2.21. The molecule has 92 valence electrons. The van der Waals surface area contributed by atoms with E-state index in [2.05, 4.69) is 4.74 Å². The average Bonchev–Trinajstić information content (AvgIpc) is 2.35. The molecule has 0 aliphatic carbocycles. The number of benzene rings is 1. The van der Waals surface area contributed by atoms with E-state index in [0.29, 0.717) is 12.7 Å². The molecule has 5 heteroatoms. The van der Waals surface area contributed by atoms with Gasteiger partial charge >= 0.3 is 5.97 Å². The maximum atomic E-state index is 13.3. The lowest BCUT2D eigenvalue weighted by atomic mass is 10.2. The van der Waals surface area contributed by atoms with E-state index in [-0.39, 0.29) is 30.3 Å². The Morgan fingerprint density at radius 2 is 2.24 bits per heavy atom. The zero-order chi connectivity index (χ0) is 12.7. The summed E-state index contributed by atoms with van der Waals surface area (Å²) in [5.41, 5.74) is 0.156. The molecule has 1 aromatic carbocycles. The van der Waals surface area contributed by atoms with E-state index in [1.807, 2.05) is 0 Å². The zero-order valence-electron chi connectivity index (χ0n) is 9.44. The topological polar surface area (TPSA) is 52.6 Å². The van der Waals surface area contributed by atoms with E-state index in [4.69, 9.17) is 4.74 Å². The minimum atomic E-state index is -0.590. The molecule has 0 fully saturated rings. The van der Waals surface area contributed by atoms with Gasteiger partial charge in [0, 0.05) is 6.42 Å². The normalized spacial score (nSPS) is 9.76. The van der Waals surface area contributed by atoms with Crippen molar-refractivity contribution in [2.45, 2.75) is 12.8 Å². The van der Waals surface area contributed by atoms with Gasteiger partial charge in [-0.2, -0.15) is 0 Å². The van der Waals surface area contributed by atoms with Crippen molar-refractivity contribution in [1.82, 2.24) is 0 Å². The van der Waals surface area contributed by atoms with Gasteiger partial charge in [-0.1, -0.05) is 6.07 Å². The molecule has 0 heterocycles. The molecule has 0 aromatic heterocycles. The summed E-state index contributed by atoms with van der Waals surface area (Å²) in [4.78, 5) is 21.5. The number of para-hydroxylation sites is 1. The standard InChI is InChI=1S/C12H13FO4/c1-16-11(15)6-3-7-17-12-9(8-14)4-2-5-10(12)13/h2,4-5,8H,3,6-7H2,1H3. The van der Waals surface area contributed by atoms with Gasteiger partial charge < -0.3 is 9.47 Å². The van der Waals surface area contributed by atoms with Gasteiger partial charge in [-0.15, -0.1) is 0 Å². The fourth-order valence-corrected chi connectivity index (χ4v) is 1.26. The van der Waals surface area contributed by atoms with Crippen LogP contribution in [0.15, 0.2) is 18.2 Å². The van der Waals surface area contributed by atoms with Crippen molar-refractivity contribution in [2.75, 3.05) is 13.7 Å². The maximum Gasteiger partial charge on any atom is 0.305 e.